The van der Waals surface area contributed by atoms with Crippen LogP contribution in [0.25, 0.3) is 0 Å². The molecule has 0 aliphatic carbocycles. The van der Waals surface area contributed by atoms with Gasteiger partial charge in [0.2, 0.25) is 5.91 Å². The van der Waals surface area contributed by atoms with Crippen molar-refractivity contribution in [2.24, 2.45) is 0 Å². The van der Waals surface area contributed by atoms with Gasteiger partial charge in [-0.3, -0.25) is 14.5 Å². The number of carbonyl (C=O) groups is 3. The molecule has 0 radical (unpaired) electrons. The van der Waals surface area contributed by atoms with E-state index in [9.17, 15) is 18.8 Å². The summed E-state index contributed by atoms with van der Waals surface area (Å²) in [6, 6.07) is 5.64. The molecule has 142 valence electrons. The lowest BCUT2D eigenvalue weighted by Gasteiger charge is -2.19. The molecule has 1 aromatic carbocycles. The molecule has 7 nitrogen and oxygen atoms in total. The SMILES string of the molecule is CN(CCOc1ccccc1F)C(=O)CCCN1C(=O)NC(C)(C)C1=O. The Morgan fingerprint density at radius 3 is 2.62 bits per heavy atom. The highest BCUT2D eigenvalue weighted by Crippen LogP contribution is 2.17. The predicted octanol–water partition coefficient (Wildman–Crippen LogP) is 1.77. The molecule has 0 aromatic heterocycles. The predicted molar refractivity (Wildman–Crippen MR) is 93.1 cm³/mol. The number of urea groups is 1. The molecule has 0 bridgehead atoms. The number of nitrogens with zero attached hydrogens (tertiary/aromatic N) is 2. The van der Waals surface area contributed by atoms with Crippen molar-refractivity contribution in [3.05, 3.63) is 30.1 Å². The minimum atomic E-state index is -0.901. The number of ether oxygens (including phenoxy) is 1. The maximum absolute atomic E-state index is 13.4. The Bertz CT molecular complexity index is 693. The number of hydrogen-bond acceptors (Lipinski definition) is 4. The van der Waals surface area contributed by atoms with Crippen LogP contribution in [0, 0.1) is 5.82 Å². The van der Waals surface area contributed by atoms with Gasteiger partial charge < -0.3 is 15.0 Å². The lowest BCUT2D eigenvalue weighted by atomic mass is 10.1. The molecule has 4 amide bonds. The van der Waals surface area contributed by atoms with Crippen molar-refractivity contribution in [2.45, 2.75) is 32.2 Å². The number of nitrogens with one attached hydrogen (secondary N) is 1. The third-order valence-corrected chi connectivity index (χ3v) is 4.16. The van der Waals surface area contributed by atoms with Crippen LogP contribution >= 0.6 is 0 Å². The maximum Gasteiger partial charge on any atom is 0.325 e. The molecule has 0 atom stereocenters. The van der Waals surface area contributed by atoms with Crippen LogP contribution in [0.3, 0.4) is 0 Å². The summed E-state index contributed by atoms with van der Waals surface area (Å²) >= 11 is 0. The van der Waals surface area contributed by atoms with Crippen molar-refractivity contribution in [2.75, 3.05) is 26.7 Å². The van der Waals surface area contributed by atoms with E-state index >= 15 is 0 Å². The van der Waals surface area contributed by atoms with Gasteiger partial charge in [-0.15, -0.1) is 0 Å². The van der Waals surface area contributed by atoms with Gasteiger partial charge in [-0.1, -0.05) is 12.1 Å². The van der Waals surface area contributed by atoms with E-state index in [4.69, 9.17) is 4.74 Å². The highest BCUT2D eigenvalue weighted by molar-refractivity contribution is 6.06. The van der Waals surface area contributed by atoms with Crippen LogP contribution in [0.2, 0.25) is 0 Å². The van der Waals surface area contributed by atoms with Crippen LogP contribution in [0.15, 0.2) is 24.3 Å². The van der Waals surface area contributed by atoms with Gasteiger partial charge in [0.15, 0.2) is 11.6 Å². The number of halogens is 1. The summed E-state index contributed by atoms with van der Waals surface area (Å²) in [6.45, 7) is 3.95. The fourth-order valence-electron chi connectivity index (χ4n) is 2.58. The molecule has 1 aromatic rings. The summed E-state index contributed by atoms with van der Waals surface area (Å²) in [5.41, 5.74) is -0.901. The zero-order valence-electron chi connectivity index (χ0n) is 15.3. The first-order valence-electron chi connectivity index (χ1n) is 8.48. The smallest absolute Gasteiger partial charge is 0.325 e. The topological polar surface area (TPSA) is 79.0 Å². The molecule has 0 saturated carbocycles. The highest BCUT2D eigenvalue weighted by Gasteiger charge is 2.43. The first-order chi connectivity index (χ1) is 12.2. The van der Waals surface area contributed by atoms with E-state index in [0.717, 1.165) is 4.90 Å². The average molecular weight is 365 g/mol. The molecular weight excluding hydrogens is 341 g/mol. The first kappa shape index (κ1) is 19.7. The van der Waals surface area contributed by atoms with Crippen LogP contribution < -0.4 is 10.1 Å². The summed E-state index contributed by atoms with van der Waals surface area (Å²) in [5.74, 6) is -0.720. The first-order valence-corrected chi connectivity index (χ1v) is 8.48. The molecule has 1 fully saturated rings. The Kier molecular flexibility index (Phi) is 6.18. The minimum absolute atomic E-state index is 0.131. The molecule has 8 heteroatoms. The molecule has 1 aliphatic rings. The fourth-order valence-corrected chi connectivity index (χ4v) is 2.58. The minimum Gasteiger partial charge on any atom is -0.489 e. The number of likely N-dealkylation sites (N-methyl/N-ethyl adjacent to an activating group) is 1. The quantitative estimate of drug-likeness (QED) is 0.712. The molecule has 1 N–H and O–H groups in total. The lowest BCUT2D eigenvalue weighted by Crippen LogP contribution is -2.40. The Hall–Kier alpha value is -2.64. The van der Waals surface area contributed by atoms with Crippen LogP contribution in [0.1, 0.15) is 26.7 Å². The van der Waals surface area contributed by atoms with Gasteiger partial charge in [0.25, 0.3) is 5.91 Å². The van der Waals surface area contributed by atoms with E-state index in [-0.39, 0.29) is 37.1 Å². The monoisotopic (exact) mass is 365 g/mol. The summed E-state index contributed by atoms with van der Waals surface area (Å²) in [5, 5.41) is 2.60. The number of rotatable bonds is 8. The normalized spacial score (nSPS) is 15.8. The van der Waals surface area contributed by atoms with Gasteiger partial charge in [0.05, 0.1) is 6.54 Å². The van der Waals surface area contributed by atoms with Crippen LogP contribution in [-0.4, -0.2) is 59.9 Å². The van der Waals surface area contributed by atoms with Crippen LogP contribution in [0.5, 0.6) is 5.75 Å². The van der Waals surface area contributed by atoms with Gasteiger partial charge in [0, 0.05) is 20.0 Å². The zero-order valence-corrected chi connectivity index (χ0v) is 15.3. The largest absolute Gasteiger partial charge is 0.489 e. The fraction of sp³-hybridized carbons (Fsp3) is 0.500. The van der Waals surface area contributed by atoms with Gasteiger partial charge in [-0.05, 0) is 32.4 Å². The Labute approximate surface area is 152 Å². The summed E-state index contributed by atoms with van der Waals surface area (Å²) in [6.07, 6.45) is 0.584. The third kappa shape index (κ3) is 4.71. The van der Waals surface area contributed by atoms with Gasteiger partial charge in [-0.25, -0.2) is 9.18 Å². The second-order valence-corrected chi connectivity index (χ2v) is 6.71. The average Bonchev–Trinajstić information content (AvgIpc) is 2.77. The Morgan fingerprint density at radius 2 is 2.00 bits per heavy atom. The third-order valence-electron chi connectivity index (χ3n) is 4.16. The van der Waals surface area contributed by atoms with E-state index in [1.165, 1.54) is 17.0 Å². The highest BCUT2D eigenvalue weighted by atomic mass is 19.1. The summed E-state index contributed by atoms with van der Waals surface area (Å²) < 4.78 is 18.8. The maximum atomic E-state index is 13.4. The van der Waals surface area contributed by atoms with Gasteiger partial charge in [-0.2, -0.15) is 0 Å². The van der Waals surface area contributed by atoms with Crippen molar-refractivity contribution in [3.8, 4) is 5.75 Å². The molecule has 1 aliphatic heterocycles. The van der Waals surface area contributed by atoms with E-state index < -0.39 is 17.4 Å². The number of hydrogen-bond donors (Lipinski definition) is 1. The van der Waals surface area contributed by atoms with Crippen molar-refractivity contribution in [1.29, 1.82) is 0 Å². The number of carbonyl (C=O) groups excluding carboxylic acids is 3. The van der Waals surface area contributed by atoms with Gasteiger partial charge in [0.1, 0.15) is 12.1 Å². The standard InChI is InChI=1S/C18H24FN3O4/c1-18(2)16(24)22(17(25)20-18)10-6-9-15(23)21(3)11-12-26-14-8-5-4-7-13(14)19/h4-5,7-8H,6,9-12H2,1-3H3,(H,20,25). The van der Waals surface area contributed by atoms with Crippen LogP contribution in [-0.2, 0) is 9.59 Å². The summed E-state index contributed by atoms with van der Waals surface area (Å²) in [4.78, 5) is 38.5. The number of amides is 4. The van der Waals surface area contributed by atoms with Crippen LogP contribution in [0.4, 0.5) is 9.18 Å². The Morgan fingerprint density at radius 1 is 1.31 bits per heavy atom. The molecule has 0 unspecified atom stereocenters. The second kappa shape index (κ2) is 8.16. The van der Waals surface area contributed by atoms with E-state index in [2.05, 4.69) is 5.32 Å². The van der Waals surface area contributed by atoms with Crippen molar-refractivity contribution >= 4 is 17.8 Å². The number of para-hydroxylation sites is 1. The molecule has 1 saturated heterocycles. The Balaban J connectivity index is 1.70. The van der Waals surface area contributed by atoms with Crippen molar-refractivity contribution < 1.29 is 23.5 Å². The van der Waals surface area contributed by atoms with Crippen molar-refractivity contribution in [1.82, 2.24) is 15.1 Å². The van der Waals surface area contributed by atoms with E-state index in [1.807, 2.05) is 0 Å². The number of benzene rings is 1. The zero-order chi connectivity index (χ0) is 19.3. The van der Waals surface area contributed by atoms with E-state index in [1.54, 1.807) is 33.0 Å². The van der Waals surface area contributed by atoms with E-state index in [0.29, 0.717) is 13.0 Å². The molecule has 26 heavy (non-hydrogen) atoms. The van der Waals surface area contributed by atoms with Crippen molar-refractivity contribution in [3.63, 3.8) is 0 Å². The molecule has 2 rings (SSSR count). The molecule has 0 spiro atoms. The molecular formula is C18H24FN3O4. The molecule has 1 heterocycles. The summed E-state index contributed by atoms with van der Waals surface area (Å²) in [7, 11) is 1.63. The second-order valence-electron chi connectivity index (χ2n) is 6.71. The lowest BCUT2D eigenvalue weighted by molar-refractivity contribution is -0.132. The van der Waals surface area contributed by atoms with Gasteiger partial charge >= 0.3 is 6.03 Å². The number of imide groups is 1.